The summed E-state index contributed by atoms with van der Waals surface area (Å²) in [5, 5.41) is 3.78. The topological polar surface area (TPSA) is 58.1 Å². The number of pyridine rings is 1. The molecule has 0 saturated carbocycles. The van der Waals surface area contributed by atoms with Gasteiger partial charge in [-0.25, -0.2) is 4.98 Å². The van der Waals surface area contributed by atoms with E-state index in [-0.39, 0.29) is 21.1 Å². The maximum Gasteiger partial charge on any atom is 0.216 e. The van der Waals surface area contributed by atoms with E-state index in [0.29, 0.717) is 22.9 Å². The molecule has 4 heterocycles. The second-order valence-corrected chi connectivity index (χ2v) is 11.1. The summed E-state index contributed by atoms with van der Waals surface area (Å²) in [5.41, 5.74) is 6.24. The minimum atomic E-state index is 0. The third-order valence-electron chi connectivity index (χ3n) is 8.10. The fourth-order valence-electron chi connectivity index (χ4n) is 6.08. The molecular weight excluding hydrogens is 768 g/mol. The fourth-order valence-corrected chi connectivity index (χ4v) is 6.08. The summed E-state index contributed by atoms with van der Waals surface area (Å²) < 4.78 is 19.3. The Kier molecular flexibility index (Phi) is 7.19. The maximum atomic E-state index is 6.47. The van der Waals surface area contributed by atoms with E-state index in [0.717, 1.165) is 55.4 Å². The van der Waals surface area contributed by atoms with Crippen molar-refractivity contribution in [1.29, 1.82) is 0 Å². The first-order chi connectivity index (χ1) is 22.7. The summed E-state index contributed by atoms with van der Waals surface area (Å²) in [6.45, 7) is 2.02. The van der Waals surface area contributed by atoms with Gasteiger partial charge < -0.3 is 28.3 Å². The summed E-state index contributed by atoms with van der Waals surface area (Å²) in [7, 11) is 2.00. The van der Waals surface area contributed by atoms with E-state index in [1.165, 1.54) is 0 Å². The Morgan fingerprint density at radius 3 is 2.02 bits per heavy atom. The largest absolute Gasteiger partial charge is 0.510 e. The van der Waals surface area contributed by atoms with Crippen LogP contribution in [0.25, 0.3) is 43.9 Å². The van der Waals surface area contributed by atoms with E-state index in [1.54, 1.807) is 6.20 Å². The quantitative estimate of drug-likeness (QED) is 0.156. The van der Waals surface area contributed by atoms with Crippen molar-refractivity contribution in [2.75, 3.05) is 16.8 Å². The van der Waals surface area contributed by atoms with Crippen LogP contribution in [0.4, 0.5) is 22.7 Å². The average molecular weight is 793 g/mol. The van der Waals surface area contributed by atoms with Gasteiger partial charge in [-0.05, 0) is 65.9 Å². The number of anilines is 4. The number of rotatable bonds is 6. The molecule has 0 N–H and O–H groups in total. The van der Waals surface area contributed by atoms with Gasteiger partial charge in [-0.3, -0.25) is 0 Å². The minimum Gasteiger partial charge on any atom is -0.510 e. The molecule has 0 unspecified atom stereocenters. The number of hydrogen-bond acceptors (Lipinski definition) is 7. The molecule has 7 nitrogen and oxygen atoms in total. The molecule has 0 amide bonds. The van der Waals surface area contributed by atoms with Crippen LogP contribution in [-0.4, -0.2) is 16.9 Å². The van der Waals surface area contributed by atoms with Crippen LogP contribution in [-0.2, 0) is 21.1 Å². The predicted octanol–water partition coefficient (Wildman–Crippen LogP) is 10.1. The smallest absolute Gasteiger partial charge is 0.216 e. The Labute approximate surface area is 285 Å². The van der Waals surface area contributed by atoms with Gasteiger partial charge in [0.05, 0.1) is 0 Å². The molecule has 3 aromatic heterocycles. The van der Waals surface area contributed by atoms with Gasteiger partial charge in [0, 0.05) is 55.9 Å². The number of fused-ring (bicyclic) bond motifs is 6. The first-order valence-electron chi connectivity index (χ1n) is 14.9. The van der Waals surface area contributed by atoms with Gasteiger partial charge in [0.1, 0.15) is 11.2 Å². The van der Waals surface area contributed by atoms with Crippen LogP contribution in [0.5, 0.6) is 11.6 Å². The van der Waals surface area contributed by atoms with Crippen LogP contribution in [0.15, 0.2) is 137 Å². The monoisotopic (exact) mass is 792 g/mol. The molecule has 0 saturated heterocycles. The molecule has 0 atom stereocenters. The molecule has 5 aromatic carbocycles. The van der Waals surface area contributed by atoms with Crippen LogP contribution in [0, 0.1) is 18.8 Å². The fraction of sp³-hybridized carbons (Fsp3) is 0.0256. The third kappa shape index (κ3) is 5.00. The number of furan rings is 2. The predicted molar refractivity (Wildman–Crippen MR) is 181 cm³/mol. The Morgan fingerprint density at radius 2 is 1.34 bits per heavy atom. The number of aromatic nitrogens is 1. The van der Waals surface area contributed by atoms with Crippen LogP contribution in [0.2, 0.25) is 0 Å². The van der Waals surface area contributed by atoms with Gasteiger partial charge in [0.2, 0.25) is 5.88 Å². The zero-order chi connectivity index (χ0) is 30.6. The van der Waals surface area contributed by atoms with E-state index < -0.39 is 0 Å². The SMILES string of the molecule is CN1C=CN(c2[c-]c(N(c3[c-]c(Oc4ccccn4)c4c(c3)oc3ccccc34)c3ccccc3)cc3oc4ccccc4c23)[CH-]1.[Pt]. The zero-order valence-electron chi connectivity index (χ0n) is 25.0. The molecule has 9 rings (SSSR count). The Morgan fingerprint density at radius 1 is 0.702 bits per heavy atom. The van der Waals surface area contributed by atoms with Crippen LogP contribution >= 0.6 is 0 Å². The van der Waals surface area contributed by atoms with E-state index in [2.05, 4.69) is 45.1 Å². The van der Waals surface area contributed by atoms with Crippen molar-refractivity contribution in [1.82, 2.24) is 9.88 Å². The normalized spacial score (nSPS) is 12.8. The van der Waals surface area contributed by atoms with E-state index in [1.807, 2.05) is 122 Å². The second kappa shape index (κ2) is 11.7. The first kappa shape index (κ1) is 28.9. The molecule has 8 aromatic rings. The molecule has 8 heteroatoms. The van der Waals surface area contributed by atoms with Crippen molar-refractivity contribution in [2.45, 2.75) is 0 Å². The molecule has 0 spiro atoms. The standard InChI is InChI=1S/C39H25N4O3.Pt/c1-41-19-20-42(25-41)31-21-27(22-34-38(31)29-13-5-7-15-32(29)44-34)43(26-11-3-2-4-12-26)28-23-35-39(30-14-6-8-16-33(30)45-35)36(24-28)46-37-17-9-10-18-40-37;/h2-20,22-23,25H,1H3;/q-3;. The average Bonchev–Trinajstić information content (AvgIpc) is 3.80. The molecule has 1 aliphatic heterocycles. The van der Waals surface area contributed by atoms with Gasteiger partial charge in [-0.1, -0.05) is 83.1 Å². The molecule has 232 valence electrons. The summed E-state index contributed by atoms with van der Waals surface area (Å²) >= 11 is 0. The van der Waals surface area contributed by atoms with Gasteiger partial charge in [-0.15, -0.1) is 24.3 Å². The Hall–Kier alpha value is -5.52. The van der Waals surface area contributed by atoms with Crippen molar-refractivity contribution < 1.29 is 34.6 Å². The van der Waals surface area contributed by atoms with Crippen molar-refractivity contribution in [3.8, 4) is 11.6 Å². The van der Waals surface area contributed by atoms with Gasteiger partial charge in [-0.2, -0.15) is 6.67 Å². The van der Waals surface area contributed by atoms with Gasteiger partial charge in [0.15, 0.2) is 0 Å². The Balaban J connectivity index is 0.00000324. The van der Waals surface area contributed by atoms with Gasteiger partial charge >= 0.3 is 0 Å². The number of hydrogen-bond donors (Lipinski definition) is 0. The van der Waals surface area contributed by atoms with Crippen molar-refractivity contribution in [2.24, 2.45) is 0 Å². The molecule has 47 heavy (non-hydrogen) atoms. The number of para-hydroxylation sites is 3. The zero-order valence-corrected chi connectivity index (χ0v) is 27.3. The summed E-state index contributed by atoms with van der Waals surface area (Å²) in [6.07, 6.45) is 5.74. The van der Waals surface area contributed by atoms with E-state index in [9.17, 15) is 0 Å². The first-order valence-corrected chi connectivity index (χ1v) is 14.9. The number of ether oxygens (including phenoxy) is 1. The Bertz CT molecular complexity index is 2420. The molecule has 0 bridgehead atoms. The summed E-state index contributed by atoms with van der Waals surface area (Å²) in [4.78, 5) is 10.6. The molecule has 0 aliphatic carbocycles. The second-order valence-electron chi connectivity index (χ2n) is 11.1. The minimum absolute atomic E-state index is 0. The van der Waals surface area contributed by atoms with Crippen molar-refractivity contribution in [3.63, 3.8) is 0 Å². The van der Waals surface area contributed by atoms with Crippen molar-refractivity contribution in [3.05, 3.63) is 147 Å². The van der Waals surface area contributed by atoms with E-state index >= 15 is 0 Å². The molecule has 1 aliphatic rings. The molecule has 0 radical (unpaired) electrons. The van der Waals surface area contributed by atoms with Crippen LogP contribution in [0.3, 0.4) is 0 Å². The number of nitrogens with zero attached hydrogens (tertiary/aromatic N) is 4. The molecular formula is C39H25N4O3Pt-3. The van der Waals surface area contributed by atoms with Crippen molar-refractivity contribution >= 4 is 66.6 Å². The summed E-state index contributed by atoms with van der Waals surface area (Å²) in [6, 6.07) is 43.1. The van der Waals surface area contributed by atoms with Crippen LogP contribution < -0.4 is 14.5 Å². The summed E-state index contributed by atoms with van der Waals surface area (Å²) in [5.74, 6) is 0.978. The third-order valence-corrected chi connectivity index (χ3v) is 8.10. The maximum absolute atomic E-state index is 6.47. The number of benzene rings is 5. The van der Waals surface area contributed by atoms with Crippen LogP contribution in [0.1, 0.15) is 0 Å². The van der Waals surface area contributed by atoms with E-state index in [4.69, 9.17) is 13.6 Å². The molecule has 0 fully saturated rings. The van der Waals surface area contributed by atoms with Gasteiger partial charge in [0.25, 0.3) is 0 Å².